The average molecular weight is 449 g/mol. The molecule has 0 radical (unpaired) electrons. The molecular weight excluding hydrogens is 418 g/mol. The molecule has 4 heteroatoms. The Morgan fingerprint density at radius 2 is 1.45 bits per heavy atom. The van der Waals surface area contributed by atoms with Gasteiger partial charge in [0.1, 0.15) is 0 Å². The number of hydrogen-bond donors (Lipinski definition) is 0. The summed E-state index contributed by atoms with van der Waals surface area (Å²) in [7, 11) is 0. The Kier molecular flexibility index (Phi) is 4.47. The molecule has 4 fully saturated rings. The van der Waals surface area contributed by atoms with Crippen molar-refractivity contribution < 1.29 is 18.3 Å². The minimum Gasteiger partial charge on any atom is -0.461 e. The van der Waals surface area contributed by atoms with Crippen LogP contribution in [0.5, 0.6) is 0 Å². The monoisotopic (exact) mass is 448 g/mol. The quantitative estimate of drug-likeness (QED) is 0.308. The summed E-state index contributed by atoms with van der Waals surface area (Å²) in [4.78, 5) is 11.9. The first-order chi connectivity index (χ1) is 15.7. The van der Waals surface area contributed by atoms with E-state index in [1.807, 2.05) is 0 Å². The maximum Gasteiger partial charge on any atom is 0.376 e. The molecule has 0 saturated heterocycles. The van der Waals surface area contributed by atoms with Crippen LogP contribution in [0.25, 0.3) is 21.5 Å². The van der Waals surface area contributed by atoms with E-state index in [-0.39, 0.29) is 17.4 Å². The van der Waals surface area contributed by atoms with E-state index < -0.39 is 11.9 Å². The van der Waals surface area contributed by atoms with Gasteiger partial charge in [0.25, 0.3) is 0 Å². The fourth-order valence-electron chi connectivity index (χ4n) is 8.18. The highest BCUT2D eigenvalue weighted by Gasteiger charge is 2.59. The molecule has 0 aromatic heterocycles. The fraction of sp³-hybridized carbons (Fsp3) is 0.483. The molecular formula is C29H30F2O2. The van der Waals surface area contributed by atoms with Gasteiger partial charge in [-0.25, -0.2) is 4.79 Å². The van der Waals surface area contributed by atoms with Crippen LogP contribution >= 0.6 is 0 Å². The van der Waals surface area contributed by atoms with Crippen molar-refractivity contribution in [3.63, 3.8) is 0 Å². The van der Waals surface area contributed by atoms with Crippen LogP contribution in [0, 0.1) is 24.2 Å². The number of ether oxygens (including phenoxy) is 1. The number of benzene rings is 3. The summed E-state index contributed by atoms with van der Waals surface area (Å²) in [6.45, 7) is 2.95. The van der Waals surface area contributed by atoms with Gasteiger partial charge in [-0.3, -0.25) is 0 Å². The first-order valence-electron chi connectivity index (χ1n) is 12.2. The molecule has 2 atom stereocenters. The van der Waals surface area contributed by atoms with Gasteiger partial charge >= 0.3 is 11.9 Å². The third-order valence-corrected chi connectivity index (χ3v) is 8.78. The number of halogens is 2. The van der Waals surface area contributed by atoms with Crippen molar-refractivity contribution in [2.75, 3.05) is 6.61 Å². The maximum atomic E-state index is 13.5. The van der Waals surface area contributed by atoms with E-state index >= 15 is 0 Å². The van der Waals surface area contributed by atoms with Gasteiger partial charge in [-0.05, 0) is 95.4 Å². The van der Waals surface area contributed by atoms with Gasteiger partial charge in [-0.2, -0.15) is 8.78 Å². The molecule has 4 bridgehead atoms. The van der Waals surface area contributed by atoms with Gasteiger partial charge in [0.15, 0.2) is 0 Å². The van der Waals surface area contributed by atoms with E-state index in [4.69, 9.17) is 4.74 Å². The van der Waals surface area contributed by atoms with Crippen molar-refractivity contribution in [2.24, 2.45) is 17.3 Å². The highest BCUT2D eigenvalue weighted by molar-refractivity contribution is 6.06. The Labute approximate surface area is 193 Å². The number of carbonyl (C=O) groups excluding carboxylic acids is 1. The molecule has 3 aromatic carbocycles. The van der Waals surface area contributed by atoms with E-state index in [0.717, 1.165) is 32.1 Å². The second-order valence-corrected chi connectivity index (χ2v) is 11.3. The largest absolute Gasteiger partial charge is 0.461 e. The van der Waals surface area contributed by atoms with Crippen molar-refractivity contribution in [3.8, 4) is 0 Å². The van der Waals surface area contributed by atoms with Gasteiger partial charge in [0, 0.05) is 12.3 Å². The zero-order valence-corrected chi connectivity index (χ0v) is 19.3. The highest BCUT2D eigenvalue weighted by Crippen LogP contribution is 2.67. The van der Waals surface area contributed by atoms with Crippen LogP contribution in [-0.4, -0.2) is 18.5 Å². The smallest absolute Gasteiger partial charge is 0.376 e. The minimum atomic E-state index is -3.44. The van der Waals surface area contributed by atoms with Gasteiger partial charge in [-0.15, -0.1) is 0 Å². The molecule has 2 unspecified atom stereocenters. The Morgan fingerprint density at radius 1 is 0.939 bits per heavy atom. The number of carbonyl (C=O) groups is 1. The van der Waals surface area contributed by atoms with E-state index in [0.29, 0.717) is 18.8 Å². The Hall–Kier alpha value is -2.49. The van der Waals surface area contributed by atoms with Crippen molar-refractivity contribution in [1.29, 1.82) is 0 Å². The molecule has 0 N–H and O–H groups in total. The van der Waals surface area contributed by atoms with Crippen molar-refractivity contribution in [1.82, 2.24) is 0 Å². The predicted octanol–water partition coefficient (Wildman–Crippen LogP) is 7.34. The van der Waals surface area contributed by atoms with Crippen LogP contribution in [0.4, 0.5) is 8.78 Å². The van der Waals surface area contributed by atoms with E-state index in [2.05, 4.69) is 55.5 Å². The summed E-state index contributed by atoms with van der Waals surface area (Å²) in [6, 6.07) is 17.4. The van der Waals surface area contributed by atoms with E-state index in [9.17, 15) is 13.6 Å². The van der Waals surface area contributed by atoms with Crippen molar-refractivity contribution >= 4 is 27.5 Å². The van der Waals surface area contributed by atoms with Crippen LogP contribution < -0.4 is 0 Å². The molecule has 0 aliphatic heterocycles. The Balaban J connectivity index is 1.50. The van der Waals surface area contributed by atoms with Gasteiger partial charge in [-0.1, -0.05) is 48.5 Å². The topological polar surface area (TPSA) is 26.3 Å². The number of hydrogen-bond acceptors (Lipinski definition) is 2. The lowest BCUT2D eigenvalue weighted by Crippen LogP contribution is -2.56. The number of fused-ring (bicyclic) bond motifs is 2. The minimum absolute atomic E-state index is 0.00186. The summed E-state index contributed by atoms with van der Waals surface area (Å²) >= 11 is 0. The van der Waals surface area contributed by atoms with E-state index in [1.54, 1.807) is 0 Å². The number of aryl methyl sites for hydroxylation is 1. The second kappa shape index (κ2) is 7.01. The molecule has 2 nitrogen and oxygen atoms in total. The molecule has 0 amide bonds. The molecule has 7 rings (SSSR count). The first-order valence-corrected chi connectivity index (χ1v) is 12.2. The molecule has 0 heterocycles. The molecule has 33 heavy (non-hydrogen) atoms. The average Bonchev–Trinajstić information content (AvgIpc) is 2.76. The third-order valence-electron chi connectivity index (χ3n) is 8.78. The van der Waals surface area contributed by atoms with Crippen LogP contribution in [0.1, 0.15) is 56.6 Å². The molecule has 4 saturated carbocycles. The lowest BCUT2D eigenvalue weighted by Gasteiger charge is -2.62. The summed E-state index contributed by atoms with van der Waals surface area (Å²) in [6.07, 6.45) is 6.36. The SMILES string of the molecule is Cc1c2ccccc2c(C23CC4CC(CC(COC(=O)C(C)(F)F)(C4)C2)C3)c2ccccc12. The Bertz CT molecular complexity index is 1200. The number of rotatable bonds is 4. The van der Waals surface area contributed by atoms with E-state index in [1.165, 1.54) is 39.1 Å². The lowest BCUT2D eigenvalue weighted by molar-refractivity contribution is -0.180. The normalized spacial score (nSPS) is 30.8. The standard InChI is InChI=1S/C29H30F2O2/c1-18-21-7-3-5-9-23(21)25(24-10-6-4-8-22(18)24)29-14-19-11-20(15-29)13-28(12-19,16-29)17-33-26(32)27(2,30)31/h3-10,19-20H,11-17H2,1-2H3. The summed E-state index contributed by atoms with van der Waals surface area (Å²) in [5.74, 6) is -3.71. The maximum absolute atomic E-state index is 13.5. The zero-order chi connectivity index (χ0) is 23.0. The second-order valence-electron chi connectivity index (χ2n) is 11.3. The summed E-state index contributed by atoms with van der Waals surface area (Å²) in [5, 5.41) is 5.24. The summed E-state index contributed by atoms with van der Waals surface area (Å²) < 4.78 is 32.3. The lowest BCUT2D eigenvalue weighted by atomic mass is 9.42. The van der Waals surface area contributed by atoms with Crippen LogP contribution in [-0.2, 0) is 14.9 Å². The van der Waals surface area contributed by atoms with Crippen LogP contribution in [0.2, 0.25) is 0 Å². The molecule has 3 aromatic rings. The molecule has 4 aliphatic rings. The predicted molar refractivity (Wildman–Crippen MR) is 127 cm³/mol. The zero-order valence-electron chi connectivity index (χ0n) is 19.3. The number of esters is 1. The fourth-order valence-corrected chi connectivity index (χ4v) is 8.18. The molecule has 0 spiro atoms. The van der Waals surface area contributed by atoms with Crippen molar-refractivity contribution in [2.45, 2.75) is 63.7 Å². The highest BCUT2D eigenvalue weighted by atomic mass is 19.3. The van der Waals surface area contributed by atoms with Crippen molar-refractivity contribution in [3.05, 3.63) is 59.7 Å². The van der Waals surface area contributed by atoms with Gasteiger partial charge in [0.05, 0.1) is 6.61 Å². The first kappa shape index (κ1) is 21.1. The number of alkyl halides is 2. The van der Waals surface area contributed by atoms with Gasteiger partial charge < -0.3 is 4.74 Å². The van der Waals surface area contributed by atoms with Crippen LogP contribution in [0.15, 0.2) is 48.5 Å². The van der Waals surface area contributed by atoms with Gasteiger partial charge in [0.2, 0.25) is 0 Å². The molecule has 4 aliphatic carbocycles. The molecule has 172 valence electrons. The Morgan fingerprint density at radius 3 is 1.97 bits per heavy atom. The third kappa shape index (κ3) is 3.20. The van der Waals surface area contributed by atoms with Crippen LogP contribution in [0.3, 0.4) is 0 Å². The summed E-state index contributed by atoms with van der Waals surface area (Å²) in [5.41, 5.74) is 2.55.